The maximum absolute atomic E-state index is 13.7. The molecule has 1 saturated heterocycles. The van der Waals surface area contributed by atoms with Gasteiger partial charge in [-0.25, -0.2) is 9.59 Å². The van der Waals surface area contributed by atoms with Crippen LogP contribution in [0.1, 0.15) is 95.4 Å². The first kappa shape index (κ1) is 40.9. The van der Waals surface area contributed by atoms with Gasteiger partial charge in [-0.05, 0) is 51.2 Å². The molecule has 5 unspecified atom stereocenters. The average molecular weight is 728 g/mol. The van der Waals surface area contributed by atoms with Crippen molar-refractivity contribution in [2.75, 3.05) is 6.61 Å². The van der Waals surface area contributed by atoms with Crippen LogP contribution in [0.15, 0.2) is 11.1 Å². The zero-order chi connectivity index (χ0) is 38.8. The third-order valence-corrected chi connectivity index (χ3v) is 11.5. The van der Waals surface area contributed by atoms with E-state index >= 15 is 0 Å². The quantitative estimate of drug-likeness (QED) is 0.118. The average Bonchev–Trinajstić information content (AvgIpc) is 2.96. The van der Waals surface area contributed by atoms with Gasteiger partial charge in [-0.2, -0.15) is 0 Å². The van der Waals surface area contributed by atoms with E-state index in [9.17, 15) is 44.7 Å². The second-order valence-corrected chi connectivity index (χ2v) is 17.0. The fourth-order valence-electron chi connectivity index (χ4n) is 8.99. The molecule has 2 bridgehead atoms. The van der Waals surface area contributed by atoms with Gasteiger partial charge in [-0.1, -0.05) is 34.6 Å². The van der Waals surface area contributed by atoms with Gasteiger partial charge >= 0.3 is 24.0 Å². The molecule has 51 heavy (non-hydrogen) atoms. The molecule has 3 fully saturated rings. The van der Waals surface area contributed by atoms with Crippen LogP contribution in [0.3, 0.4) is 0 Å². The van der Waals surface area contributed by atoms with Crippen LogP contribution < -0.4 is 5.32 Å². The molecule has 15 heteroatoms. The Labute approximate surface area is 299 Å². The van der Waals surface area contributed by atoms with E-state index in [1.165, 1.54) is 13.8 Å². The lowest BCUT2D eigenvalue weighted by atomic mass is 9.44. The normalized spacial score (nSPS) is 38.4. The molecule has 4 rings (SSSR count). The van der Waals surface area contributed by atoms with Crippen molar-refractivity contribution in [1.29, 1.82) is 0 Å². The lowest BCUT2D eigenvalue weighted by Crippen LogP contribution is -2.82. The molecule has 15 nitrogen and oxygen atoms in total. The molecule has 6 N–H and O–H groups in total. The van der Waals surface area contributed by atoms with Gasteiger partial charge in [0.25, 0.3) is 0 Å². The van der Waals surface area contributed by atoms with Crippen LogP contribution in [0.4, 0.5) is 4.79 Å². The van der Waals surface area contributed by atoms with Crippen LogP contribution in [0.25, 0.3) is 0 Å². The summed E-state index contributed by atoms with van der Waals surface area (Å²) in [4.78, 5) is 51.6. The maximum atomic E-state index is 13.7. The Hall–Kier alpha value is -2.82. The summed E-state index contributed by atoms with van der Waals surface area (Å²) < 4.78 is 28.6. The third-order valence-electron chi connectivity index (χ3n) is 11.5. The second kappa shape index (κ2) is 13.9. The predicted octanol–water partition coefficient (Wildman–Crippen LogP) is 1.43. The van der Waals surface area contributed by atoms with E-state index in [0.717, 1.165) is 6.92 Å². The number of rotatable bonds is 8. The van der Waals surface area contributed by atoms with E-state index in [-0.39, 0.29) is 36.5 Å². The highest BCUT2D eigenvalue weighted by atomic mass is 16.6. The second-order valence-electron chi connectivity index (χ2n) is 17.0. The van der Waals surface area contributed by atoms with Crippen LogP contribution >= 0.6 is 0 Å². The standard InChI is InChI=1S/C36H57NO14/c1-16(2)12-20(37-31(45)51-32(6,7)8)25(41)30(44)49-21-14-36(46)29(43)27-34(11,22(40)13-23-35(27,15-47-23)50-19(5)39)28(42)26(48-18(4)38)24(17(21)3)33(36,9)10/h16,20-23,25-29,40-43,46H,12-15H2,1-11H3,(H,37,45)/t20-,21-,22?,23?,25?,26-,27-,28-,29-,34?,35-,36?/m0/s1. The molecule has 1 amide bonds. The number of fused-ring (bicyclic) bond motifs is 5. The summed E-state index contributed by atoms with van der Waals surface area (Å²) >= 11 is 0. The van der Waals surface area contributed by atoms with Crippen molar-refractivity contribution < 1.29 is 68.4 Å². The highest BCUT2D eigenvalue weighted by Gasteiger charge is 2.77. The lowest BCUT2D eigenvalue weighted by Gasteiger charge is -2.68. The largest absolute Gasteiger partial charge is 0.456 e. The number of nitrogens with one attached hydrogen (secondary N) is 1. The third kappa shape index (κ3) is 7.01. The monoisotopic (exact) mass is 727 g/mol. The number of carbonyl (C=O) groups excluding carboxylic acids is 4. The van der Waals surface area contributed by atoms with Gasteiger partial charge in [0, 0.05) is 43.4 Å². The van der Waals surface area contributed by atoms with Crippen molar-refractivity contribution in [3.63, 3.8) is 0 Å². The van der Waals surface area contributed by atoms with Crippen molar-refractivity contribution in [2.24, 2.45) is 22.7 Å². The number of amides is 1. The van der Waals surface area contributed by atoms with Gasteiger partial charge in [-0.15, -0.1) is 0 Å². The number of ether oxygens (including phenoxy) is 5. The fraction of sp³-hybridized carbons (Fsp3) is 0.833. The summed E-state index contributed by atoms with van der Waals surface area (Å²) in [5.41, 5.74) is -7.54. The Morgan fingerprint density at radius 3 is 2.10 bits per heavy atom. The maximum Gasteiger partial charge on any atom is 0.407 e. The molecule has 0 aromatic heterocycles. The number of carbonyl (C=O) groups is 4. The molecular weight excluding hydrogens is 670 g/mol. The zero-order valence-electron chi connectivity index (χ0n) is 31.5. The van der Waals surface area contributed by atoms with Crippen molar-refractivity contribution in [3.05, 3.63) is 11.1 Å². The van der Waals surface area contributed by atoms with E-state index in [1.807, 2.05) is 13.8 Å². The summed E-state index contributed by atoms with van der Waals surface area (Å²) in [5.74, 6) is -4.14. The number of aliphatic hydroxyl groups is 5. The molecule has 0 spiro atoms. The summed E-state index contributed by atoms with van der Waals surface area (Å²) in [6.45, 7) is 17.0. The van der Waals surface area contributed by atoms with Crippen LogP contribution in [-0.4, -0.2) is 122 Å². The molecule has 0 aromatic carbocycles. The number of alkyl carbamates (subject to hydrolysis) is 1. The smallest absolute Gasteiger partial charge is 0.407 e. The SMILES string of the molecule is CC(=O)O[C@H]1C2=C(C)[C@@H](OC(=O)C(O)[C@H](CC(C)C)NC(=O)OC(C)(C)C)CC(O)([C@@H](O)[C@H]3C(C)(C(O)CC4OC[C@]43OC(C)=O)[C@H]1O)C2(C)C. The number of hydrogen-bond donors (Lipinski definition) is 6. The van der Waals surface area contributed by atoms with E-state index in [4.69, 9.17) is 23.7 Å². The Kier molecular flexibility index (Phi) is 11.1. The zero-order valence-corrected chi connectivity index (χ0v) is 31.5. The Bertz CT molecular complexity index is 1420. The first-order valence-corrected chi connectivity index (χ1v) is 17.6. The Morgan fingerprint density at radius 1 is 1.00 bits per heavy atom. The van der Waals surface area contributed by atoms with E-state index in [0.29, 0.717) is 0 Å². The molecule has 12 atom stereocenters. The first-order chi connectivity index (χ1) is 23.2. The lowest BCUT2D eigenvalue weighted by molar-refractivity contribution is -0.365. The van der Waals surface area contributed by atoms with Gasteiger partial charge in [0.1, 0.15) is 29.5 Å². The van der Waals surface area contributed by atoms with Crippen molar-refractivity contribution in [2.45, 2.75) is 161 Å². The number of hydrogen-bond acceptors (Lipinski definition) is 14. The fourth-order valence-corrected chi connectivity index (χ4v) is 8.99. The Balaban J connectivity index is 1.84. The van der Waals surface area contributed by atoms with E-state index in [2.05, 4.69) is 5.32 Å². The summed E-state index contributed by atoms with van der Waals surface area (Å²) in [5, 5.41) is 63.1. The topological polar surface area (TPSA) is 228 Å². The molecule has 4 aliphatic rings. The molecule has 1 aliphatic heterocycles. The van der Waals surface area contributed by atoms with Gasteiger partial charge in [0.05, 0.1) is 24.9 Å². The van der Waals surface area contributed by atoms with Gasteiger partial charge < -0.3 is 54.5 Å². The number of aliphatic hydroxyl groups excluding tert-OH is 4. The van der Waals surface area contributed by atoms with E-state index < -0.39 is 113 Å². The van der Waals surface area contributed by atoms with Crippen LogP contribution in [0.5, 0.6) is 0 Å². The summed E-state index contributed by atoms with van der Waals surface area (Å²) in [6.07, 6.45) is -11.9. The highest BCUT2D eigenvalue weighted by Crippen LogP contribution is 2.64. The molecule has 3 aliphatic carbocycles. The van der Waals surface area contributed by atoms with Crippen molar-refractivity contribution >= 4 is 24.0 Å². The molecule has 0 aromatic rings. The van der Waals surface area contributed by atoms with Crippen molar-refractivity contribution in [1.82, 2.24) is 5.32 Å². The van der Waals surface area contributed by atoms with Gasteiger partial charge in [-0.3, -0.25) is 9.59 Å². The Morgan fingerprint density at radius 2 is 1.61 bits per heavy atom. The minimum atomic E-state index is -2.25. The van der Waals surface area contributed by atoms with Crippen LogP contribution in [0, 0.1) is 22.7 Å². The summed E-state index contributed by atoms with van der Waals surface area (Å²) in [6, 6.07) is -1.13. The predicted molar refractivity (Wildman–Crippen MR) is 179 cm³/mol. The van der Waals surface area contributed by atoms with Gasteiger partial charge in [0.15, 0.2) is 17.8 Å². The van der Waals surface area contributed by atoms with Crippen LogP contribution in [-0.2, 0) is 38.1 Å². The summed E-state index contributed by atoms with van der Waals surface area (Å²) in [7, 11) is 0. The first-order valence-electron chi connectivity index (χ1n) is 17.6. The molecule has 2 saturated carbocycles. The van der Waals surface area contributed by atoms with Crippen molar-refractivity contribution in [3.8, 4) is 0 Å². The molecule has 0 radical (unpaired) electrons. The minimum Gasteiger partial charge on any atom is -0.456 e. The molecule has 1 heterocycles. The molecule has 290 valence electrons. The number of esters is 3. The highest BCUT2D eigenvalue weighted by molar-refractivity contribution is 5.77. The molecular formula is C36H57NO14. The van der Waals surface area contributed by atoms with Crippen LogP contribution in [0.2, 0.25) is 0 Å². The van der Waals surface area contributed by atoms with Gasteiger partial charge in [0.2, 0.25) is 0 Å². The minimum absolute atomic E-state index is 0.0795. The van der Waals surface area contributed by atoms with E-state index in [1.54, 1.807) is 41.5 Å².